The molecular formula is C10H9ClN2OS. The number of thioether (sulfide) groups is 1. The van der Waals surface area contributed by atoms with Crippen LogP contribution in [0.4, 0.5) is 4.79 Å². The Labute approximate surface area is 96.9 Å². The highest BCUT2D eigenvalue weighted by molar-refractivity contribution is 8.14. The predicted molar refractivity (Wildman–Crippen MR) is 63.6 cm³/mol. The monoisotopic (exact) mass is 240 g/mol. The normalized spacial score (nSPS) is 20.8. The van der Waals surface area contributed by atoms with Gasteiger partial charge in [-0.1, -0.05) is 35.5 Å². The minimum absolute atomic E-state index is 0.0530. The van der Waals surface area contributed by atoms with Gasteiger partial charge in [-0.15, -0.1) is 0 Å². The van der Waals surface area contributed by atoms with Gasteiger partial charge in [0.05, 0.1) is 11.0 Å². The number of hydrazone groups is 1. The lowest BCUT2D eigenvalue weighted by molar-refractivity contribution is 0.261. The zero-order chi connectivity index (χ0) is 10.8. The van der Waals surface area contributed by atoms with E-state index in [0.29, 0.717) is 5.02 Å². The van der Waals surface area contributed by atoms with E-state index in [1.165, 1.54) is 11.8 Å². The lowest BCUT2D eigenvalue weighted by Crippen LogP contribution is -2.29. The molecule has 0 saturated carbocycles. The summed E-state index contributed by atoms with van der Waals surface area (Å²) >= 11 is 7.12. The van der Waals surface area contributed by atoms with Crippen molar-refractivity contribution < 1.29 is 4.79 Å². The Morgan fingerprint density at radius 3 is 3.00 bits per heavy atom. The van der Waals surface area contributed by atoms with Gasteiger partial charge in [-0.05, 0) is 19.1 Å². The van der Waals surface area contributed by atoms with Gasteiger partial charge in [-0.2, -0.15) is 5.10 Å². The molecule has 1 N–H and O–H groups in total. The molecule has 78 valence electrons. The van der Waals surface area contributed by atoms with Gasteiger partial charge in [0.1, 0.15) is 0 Å². The molecule has 1 heterocycles. The summed E-state index contributed by atoms with van der Waals surface area (Å²) in [6.07, 6.45) is 0. The summed E-state index contributed by atoms with van der Waals surface area (Å²) < 4.78 is 0. The van der Waals surface area contributed by atoms with Gasteiger partial charge in [0.2, 0.25) is 0 Å². The van der Waals surface area contributed by atoms with E-state index in [4.69, 9.17) is 11.6 Å². The molecule has 15 heavy (non-hydrogen) atoms. The van der Waals surface area contributed by atoms with Crippen molar-refractivity contribution in [1.29, 1.82) is 0 Å². The van der Waals surface area contributed by atoms with Crippen molar-refractivity contribution in [3.05, 3.63) is 34.9 Å². The molecule has 1 aromatic carbocycles. The van der Waals surface area contributed by atoms with E-state index in [2.05, 4.69) is 10.5 Å². The largest absolute Gasteiger partial charge is 0.299 e. The number of carbonyl (C=O) groups excluding carboxylic acids is 1. The number of amides is 1. The van der Waals surface area contributed by atoms with Crippen LogP contribution in [0.5, 0.6) is 0 Å². The van der Waals surface area contributed by atoms with Gasteiger partial charge in [-0.25, -0.2) is 5.43 Å². The Bertz CT molecular complexity index is 433. The number of nitrogens with one attached hydrogen (secondary N) is 1. The Morgan fingerprint density at radius 2 is 2.33 bits per heavy atom. The number of halogens is 1. The van der Waals surface area contributed by atoms with Crippen LogP contribution >= 0.6 is 23.4 Å². The van der Waals surface area contributed by atoms with Crippen molar-refractivity contribution >= 4 is 34.3 Å². The summed E-state index contributed by atoms with van der Waals surface area (Å²) in [4.78, 5) is 11.0. The Hall–Kier alpha value is -1.00. The van der Waals surface area contributed by atoms with Crippen LogP contribution in [0.25, 0.3) is 0 Å². The molecule has 2 rings (SSSR count). The van der Waals surface area contributed by atoms with Crippen molar-refractivity contribution in [2.45, 2.75) is 12.2 Å². The maximum absolute atomic E-state index is 11.0. The van der Waals surface area contributed by atoms with E-state index in [0.717, 1.165) is 11.3 Å². The van der Waals surface area contributed by atoms with Crippen LogP contribution in [0.3, 0.4) is 0 Å². The molecular weight excluding hydrogens is 232 g/mol. The molecule has 0 aliphatic carbocycles. The average Bonchev–Trinajstić information content (AvgIpc) is 2.17. The maximum atomic E-state index is 11.0. The molecule has 1 aliphatic heterocycles. The standard InChI is InChI=1S/C10H9ClN2OS/c1-6-9(12-13-10(14)15-6)7-3-2-4-8(11)5-7/h2-6H,1H3,(H,13,14). The predicted octanol–water partition coefficient (Wildman–Crippen LogP) is 2.89. The van der Waals surface area contributed by atoms with Gasteiger partial charge < -0.3 is 0 Å². The van der Waals surface area contributed by atoms with Gasteiger partial charge >= 0.3 is 0 Å². The zero-order valence-corrected chi connectivity index (χ0v) is 9.60. The molecule has 5 heteroatoms. The van der Waals surface area contributed by atoms with Crippen LogP contribution in [0, 0.1) is 0 Å². The Kier molecular flexibility index (Phi) is 2.98. The van der Waals surface area contributed by atoms with Crippen molar-refractivity contribution in [2.75, 3.05) is 0 Å². The average molecular weight is 241 g/mol. The molecule has 0 aromatic heterocycles. The van der Waals surface area contributed by atoms with E-state index in [1.807, 2.05) is 31.2 Å². The fraction of sp³-hybridized carbons (Fsp3) is 0.200. The van der Waals surface area contributed by atoms with Crippen LogP contribution in [-0.2, 0) is 0 Å². The number of rotatable bonds is 1. The van der Waals surface area contributed by atoms with Crippen LogP contribution in [0.1, 0.15) is 12.5 Å². The summed E-state index contributed by atoms with van der Waals surface area (Å²) in [6, 6.07) is 7.45. The topological polar surface area (TPSA) is 41.5 Å². The summed E-state index contributed by atoms with van der Waals surface area (Å²) in [6.45, 7) is 1.95. The third-order valence-electron chi connectivity index (χ3n) is 2.06. The smallest absolute Gasteiger partial charge is 0.260 e. The lowest BCUT2D eigenvalue weighted by Gasteiger charge is -2.18. The lowest BCUT2D eigenvalue weighted by atomic mass is 10.1. The second-order valence-corrected chi connectivity index (χ2v) is 4.92. The Balaban J connectivity index is 2.35. The van der Waals surface area contributed by atoms with E-state index in [1.54, 1.807) is 0 Å². The second kappa shape index (κ2) is 4.24. The fourth-order valence-corrected chi connectivity index (χ4v) is 2.30. The van der Waals surface area contributed by atoms with Crippen molar-refractivity contribution in [1.82, 2.24) is 5.43 Å². The highest BCUT2D eigenvalue weighted by atomic mass is 35.5. The minimum atomic E-state index is -0.117. The Morgan fingerprint density at radius 1 is 1.53 bits per heavy atom. The van der Waals surface area contributed by atoms with Crippen molar-refractivity contribution in [2.24, 2.45) is 5.10 Å². The molecule has 0 radical (unpaired) electrons. The summed E-state index contributed by atoms with van der Waals surface area (Å²) in [5.74, 6) is 0. The number of benzene rings is 1. The van der Waals surface area contributed by atoms with Crippen LogP contribution in [0.2, 0.25) is 5.02 Å². The van der Waals surface area contributed by atoms with Crippen molar-refractivity contribution in [3.63, 3.8) is 0 Å². The molecule has 0 bridgehead atoms. The van der Waals surface area contributed by atoms with Crippen LogP contribution in [-0.4, -0.2) is 16.2 Å². The van der Waals surface area contributed by atoms with Gasteiger partial charge in [0.15, 0.2) is 0 Å². The van der Waals surface area contributed by atoms with E-state index >= 15 is 0 Å². The molecule has 0 fully saturated rings. The third kappa shape index (κ3) is 2.33. The van der Waals surface area contributed by atoms with Crippen LogP contribution in [0.15, 0.2) is 29.4 Å². The minimum Gasteiger partial charge on any atom is -0.260 e. The first-order chi connectivity index (χ1) is 7.16. The molecule has 1 aromatic rings. The molecule has 0 spiro atoms. The van der Waals surface area contributed by atoms with Gasteiger partial charge in [-0.3, -0.25) is 4.79 Å². The first-order valence-electron chi connectivity index (χ1n) is 4.47. The number of hydrogen-bond acceptors (Lipinski definition) is 3. The van der Waals surface area contributed by atoms with E-state index in [9.17, 15) is 4.79 Å². The quantitative estimate of drug-likeness (QED) is 0.820. The second-order valence-electron chi connectivity index (χ2n) is 3.17. The van der Waals surface area contributed by atoms with Crippen LogP contribution < -0.4 is 5.43 Å². The van der Waals surface area contributed by atoms with E-state index in [-0.39, 0.29) is 10.5 Å². The molecule has 1 atom stereocenters. The summed E-state index contributed by atoms with van der Waals surface area (Å²) in [5, 5.41) is 4.65. The highest BCUT2D eigenvalue weighted by Crippen LogP contribution is 2.22. The summed E-state index contributed by atoms with van der Waals surface area (Å²) in [5.41, 5.74) is 4.25. The number of nitrogens with zero attached hydrogens (tertiary/aromatic N) is 1. The molecule has 1 aliphatic rings. The van der Waals surface area contributed by atoms with Gasteiger partial charge in [0, 0.05) is 10.6 Å². The van der Waals surface area contributed by atoms with Crippen molar-refractivity contribution in [3.8, 4) is 0 Å². The highest BCUT2D eigenvalue weighted by Gasteiger charge is 2.22. The third-order valence-corrected chi connectivity index (χ3v) is 3.17. The summed E-state index contributed by atoms with van der Waals surface area (Å²) in [7, 11) is 0. The molecule has 3 nitrogen and oxygen atoms in total. The fourth-order valence-electron chi connectivity index (χ4n) is 1.39. The first kappa shape index (κ1) is 10.5. The molecule has 0 saturated heterocycles. The molecule has 1 unspecified atom stereocenters. The van der Waals surface area contributed by atoms with Gasteiger partial charge in [0.25, 0.3) is 5.24 Å². The zero-order valence-electron chi connectivity index (χ0n) is 8.03. The maximum Gasteiger partial charge on any atom is 0.299 e. The number of hydrogen-bond donors (Lipinski definition) is 1. The number of carbonyl (C=O) groups is 1. The SMILES string of the molecule is CC1SC(=O)NN=C1c1cccc(Cl)c1. The molecule has 1 amide bonds. The van der Waals surface area contributed by atoms with E-state index < -0.39 is 0 Å². The first-order valence-corrected chi connectivity index (χ1v) is 5.73.